The molecule has 0 saturated carbocycles. The molecule has 0 bridgehead atoms. The first-order valence-electron chi connectivity index (χ1n) is 10.2. The Labute approximate surface area is 152 Å². The second-order valence-electron chi connectivity index (χ2n) is 6.97. The molecule has 0 radical (unpaired) electrons. The van der Waals surface area contributed by atoms with E-state index in [2.05, 4.69) is 49.5 Å². The molecule has 0 amide bonds. The monoisotopic (exact) mass is 334 g/mol. The normalized spacial score (nSPS) is 13.5. The van der Waals surface area contributed by atoms with Crippen molar-refractivity contribution in [2.75, 3.05) is 14.1 Å². The molecule has 0 aliphatic carbocycles. The molecule has 0 rings (SSSR count). The summed E-state index contributed by atoms with van der Waals surface area (Å²) >= 11 is 0. The zero-order valence-electron chi connectivity index (χ0n) is 16.8. The molecule has 0 aromatic rings. The quantitative estimate of drug-likeness (QED) is 0.129. The Hall–Kier alpha value is -1.05. The Morgan fingerprint density at radius 2 is 1.29 bits per heavy atom. The number of hydrogen-bond acceptors (Lipinski definition) is 2. The van der Waals surface area contributed by atoms with E-state index in [1.807, 2.05) is 19.1 Å². The van der Waals surface area contributed by atoms with E-state index in [-0.39, 0.29) is 0 Å². The number of unbranched alkanes of at least 4 members (excludes halogenated alkanes) is 7. The van der Waals surface area contributed by atoms with Gasteiger partial charge in [0.25, 0.3) is 0 Å². The predicted molar refractivity (Wildman–Crippen MR) is 111 cm³/mol. The maximum Gasteiger partial charge on any atom is 0.0278 e. The maximum absolute atomic E-state index is 4.46. The van der Waals surface area contributed by atoms with Crippen LogP contribution in [0.15, 0.2) is 29.4 Å². The largest absolute Gasteiger partial charge is 0.303 e. The Morgan fingerprint density at radius 1 is 0.750 bits per heavy atom. The maximum atomic E-state index is 4.46. The van der Waals surface area contributed by atoms with Gasteiger partial charge in [0.15, 0.2) is 0 Å². The minimum absolute atomic E-state index is 0.573. The molecule has 140 valence electrons. The van der Waals surface area contributed by atoms with E-state index in [0.29, 0.717) is 5.92 Å². The Kier molecular flexibility index (Phi) is 17.5. The van der Waals surface area contributed by atoms with Crippen molar-refractivity contribution in [1.82, 2.24) is 5.01 Å². The molecule has 0 spiro atoms. The molecule has 24 heavy (non-hydrogen) atoms. The van der Waals surface area contributed by atoms with Crippen LogP contribution in [0.3, 0.4) is 0 Å². The van der Waals surface area contributed by atoms with E-state index in [1.54, 1.807) is 0 Å². The number of nitrogens with zero attached hydrogens (tertiary/aromatic N) is 2. The van der Waals surface area contributed by atoms with Crippen LogP contribution in [0.1, 0.15) is 90.9 Å². The smallest absolute Gasteiger partial charge is 0.0278 e. The summed E-state index contributed by atoms with van der Waals surface area (Å²) in [5.74, 6) is 0.573. The second-order valence-corrected chi connectivity index (χ2v) is 6.97. The van der Waals surface area contributed by atoms with Crippen molar-refractivity contribution in [3.05, 3.63) is 24.3 Å². The van der Waals surface area contributed by atoms with Crippen molar-refractivity contribution in [2.24, 2.45) is 11.0 Å². The zero-order chi connectivity index (χ0) is 17.9. The van der Waals surface area contributed by atoms with Crippen molar-refractivity contribution in [3.8, 4) is 0 Å². The average molecular weight is 335 g/mol. The summed E-state index contributed by atoms with van der Waals surface area (Å²) in [5.41, 5.74) is 0. The average Bonchev–Trinajstić information content (AvgIpc) is 2.57. The third kappa shape index (κ3) is 17.3. The van der Waals surface area contributed by atoms with Gasteiger partial charge >= 0.3 is 0 Å². The number of rotatable bonds is 16. The first-order valence-corrected chi connectivity index (χ1v) is 10.2. The van der Waals surface area contributed by atoms with Crippen LogP contribution in [0.25, 0.3) is 0 Å². The Balaban J connectivity index is 3.99. The Morgan fingerprint density at radius 3 is 1.83 bits per heavy atom. The van der Waals surface area contributed by atoms with Crippen LogP contribution in [-0.2, 0) is 0 Å². The summed E-state index contributed by atoms with van der Waals surface area (Å²) < 4.78 is 0. The molecule has 0 aliphatic rings. The number of hydrogen-bond donors (Lipinski definition) is 0. The van der Waals surface area contributed by atoms with Gasteiger partial charge in [-0.25, -0.2) is 0 Å². The molecule has 0 aliphatic heterocycles. The minimum atomic E-state index is 0.573. The van der Waals surface area contributed by atoms with Crippen LogP contribution in [-0.4, -0.2) is 25.3 Å². The van der Waals surface area contributed by atoms with E-state index < -0.39 is 0 Å². The second kappa shape index (κ2) is 18.3. The van der Waals surface area contributed by atoms with Crippen LogP contribution in [0.4, 0.5) is 0 Å². The lowest BCUT2D eigenvalue weighted by molar-refractivity contribution is 0.433. The van der Waals surface area contributed by atoms with Gasteiger partial charge < -0.3 is 5.01 Å². The summed E-state index contributed by atoms with van der Waals surface area (Å²) in [6.45, 7) is 4.52. The highest BCUT2D eigenvalue weighted by Crippen LogP contribution is 2.13. The Bertz CT molecular complexity index is 329. The lowest BCUT2D eigenvalue weighted by atomic mass is 9.99. The third-order valence-corrected chi connectivity index (χ3v) is 4.17. The van der Waals surface area contributed by atoms with Gasteiger partial charge in [-0.05, 0) is 57.3 Å². The molecule has 0 N–H and O–H groups in total. The van der Waals surface area contributed by atoms with Crippen molar-refractivity contribution in [3.63, 3.8) is 0 Å². The highest BCUT2D eigenvalue weighted by atomic mass is 15.4. The van der Waals surface area contributed by atoms with Crippen molar-refractivity contribution >= 4 is 6.21 Å². The van der Waals surface area contributed by atoms with Gasteiger partial charge in [0.2, 0.25) is 0 Å². The minimum Gasteiger partial charge on any atom is -0.303 e. The van der Waals surface area contributed by atoms with E-state index in [4.69, 9.17) is 0 Å². The predicted octanol–water partition coefficient (Wildman–Crippen LogP) is 6.98. The van der Waals surface area contributed by atoms with Crippen LogP contribution in [0.2, 0.25) is 0 Å². The van der Waals surface area contributed by atoms with Gasteiger partial charge in [-0.15, -0.1) is 0 Å². The fourth-order valence-electron chi connectivity index (χ4n) is 2.63. The standard InChI is InChI=1S/C22H42N2/c1-5-7-9-11-13-14-16-18-20-22(21-23-24(3)4)19-17-15-12-10-8-6-2/h13-15,17,21-22H,5-12,16,18-20H2,1-4H3/b14-13+,17-15+,23-21+. The number of allylic oxidation sites excluding steroid dienone is 4. The highest BCUT2D eigenvalue weighted by molar-refractivity contribution is 5.60. The van der Waals surface area contributed by atoms with Gasteiger partial charge in [-0.1, -0.05) is 63.8 Å². The summed E-state index contributed by atoms with van der Waals surface area (Å²) in [7, 11) is 3.99. The van der Waals surface area contributed by atoms with E-state index in [1.165, 1.54) is 70.6 Å². The van der Waals surface area contributed by atoms with Gasteiger partial charge in [-0.3, -0.25) is 0 Å². The molecule has 1 atom stereocenters. The molecular weight excluding hydrogens is 292 g/mol. The summed E-state index contributed by atoms with van der Waals surface area (Å²) in [6, 6.07) is 0. The fourth-order valence-corrected chi connectivity index (χ4v) is 2.63. The molecule has 0 fully saturated rings. The van der Waals surface area contributed by atoms with Crippen LogP contribution in [0.5, 0.6) is 0 Å². The summed E-state index contributed by atoms with van der Waals surface area (Å²) in [6.07, 6.45) is 26.9. The van der Waals surface area contributed by atoms with Gasteiger partial charge in [0.05, 0.1) is 0 Å². The SMILES string of the molecule is CCCCC/C=C/CCCC(/C=N/N(C)C)C/C=C/CCCCC. The van der Waals surface area contributed by atoms with Gasteiger partial charge in [-0.2, -0.15) is 5.10 Å². The molecule has 0 saturated heterocycles. The molecule has 0 aromatic carbocycles. The first-order chi connectivity index (χ1) is 11.7. The van der Waals surface area contributed by atoms with Crippen LogP contribution < -0.4 is 0 Å². The zero-order valence-corrected chi connectivity index (χ0v) is 16.8. The van der Waals surface area contributed by atoms with Gasteiger partial charge in [0.1, 0.15) is 0 Å². The van der Waals surface area contributed by atoms with Crippen molar-refractivity contribution in [2.45, 2.75) is 90.9 Å². The number of hydrazone groups is 1. The van der Waals surface area contributed by atoms with Gasteiger partial charge in [0, 0.05) is 20.3 Å². The third-order valence-electron chi connectivity index (χ3n) is 4.17. The lowest BCUT2D eigenvalue weighted by Gasteiger charge is -2.11. The van der Waals surface area contributed by atoms with E-state index >= 15 is 0 Å². The van der Waals surface area contributed by atoms with Crippen molar-refractivity contribution in [1.29, 1.82) is 0 Å². The summed E-state index contributed by atoms with van der Waals surface area (Å²) in [4.78, 5) is 0. The van der Waals surface area contributed by atoms with E-state index in [9.17, 15) is 0 Å². The summed E-state index contributed by atoms with van der Waals surface area (Å²) in [5, 5.41) is 6.35. The van der Waals surface area contributed by atoms with Crippen molar-refractivity contribution < 1.29 is 0 Å². The molecular formula is C22H42N2. The van der Waals surface area contributed by atoms with E-state index in [0.717, 1.165) is 6.42 Å². The lowest BCUT2D eigenvalue weighted by Crippen LogP contribution is -2.07. The highest BCUT2D eigenvalue weighted by Gasteiger charge is 2.03. The van der Waals surface area contributed by atoms with Crippen LogP contribution in [0, 0.1) is 5.92 Å². The molecule has 1 unspecified atom stereocenters. The topological polar surface area (TPSA) is 15.6 Å². The fraction of sp³-hybridized carbons (Fsp3) is 0.773. The van der Waals surface area contributed by atoms with Crippen LogP contribution >= 0.6 is 0 Å². The molecule has 0 heterocycles. The first kappa shape index (κ1) is 22.9. The molecule has 2 heteroatoms. The molecule has 0 aromatic heterocycles. The molecule has 2 nitrogen and oxygen atoms in total.